The standard InChI is InChI=1S/C14H29NO5S/c1-13(2)14(16)12-20-11-10-19-9-8-18-7-6-17-5-4-15-21-3/h13,15H,4-12H2,1-3H3. The first-order chi connectivity index (χ1) is 10.2. The molecule has 0 heterocycles. The van der Waals surface area contributed by atoms with Crippen molar-refractivity contribution >= 4 is 17.7 Å². The van der Waals surface area contributed by atoms with E-state index < -0.39 is 0 Å². The topological polar surface area (TPSA) is 66.0 Å². The van der Waals surface area contributed by atoms with E-state index in [9.17, 15) is 4.79 Å². The molecule has 0 unspecified atom stereocenters. The molecule has 0 aromatic carbocycles. The summed E-state index contributed by atoms with van der Waals surface area (Å²) in [6.07, 6.45) is 1.98. The fraction of sp³-hybridized carbons (Fsp3) is 0.929. The molecule has 0 rings (SSSR count). The van der Waals surface area contributed by atoms with Gasteiger partial charge < -0.3 is 18.9 Å². The van der Waals surface area contributed by atoms with Crippen molar-refractivity contribution in [2.24, 2.45) is 5.92 Å². The number of carbonyl (C=O) groups excluding carboxylic acids is 1. The number of Topliss-reactive ketones (excluding diaryl/α,β-unsaturated/α-hetero) is 1. The highest BCUT2D eigenvalue weighted by atomic mass is 32.2. The molecule has 0 aliphatic rings. The molecule has 7 heteroatoms. The SMILES string of the molecule is CSNCCOCCOCCOCCOCC(=O)C(C)C. The lowest BCUT2D eigenvalue weighted by Crippen LogP contribution is -2.18. The van der Waals surface area contributed by atoms with E-state index >= 15 is 0 Å². The van der Waals surface area contributed by atoms with Crippen LogP contribution in [0, 0.1) is 5.92 Å². The lowest BCUT2D eigenvalue weighted by atomic mass is 10.1. The van der Waals surface area contributed by atoms with E-state index in [1.165, 1.54) is 0 Å². The first-order valence-electron chi connectivity index (χ1n) is 7.28. The second-order valence-electron chi connectivity index (χ2n) is 4.61. The molecular weight excluding hydrogens is 294 g/mol. The Morgan fingerprint density at radius 1 is 0.905 bits per heavy atom. The molecule has 126 valence electrons. The van der Waals surface area contributed by atoms with E-state index in [-0.39, 0.29) is 18.3 Å². The van der Waals surface area contributed by atoms with Gasteiger partial charge in [-0.05, 0) is 6.26 Å². The van der Waals surface area contributed by atoms with Gasteiger partial charge in [-0.1, -0.05) is 25.8 Å². The number of hydrogen-bond acceptors (Lipinski definition) is 7. The van der Waals surface area contributed by atoms with Crippen LogP contribution in [0.25, 0.3) is 0 Å². The second kappa shape index (κ2) is 16.2. The summed E-state index contributed by atoms with van der Waals surface area (Å²) < 4.78 is 24.3. The smallest absolute Gasteiger partial charge is 0.160 e. The molecule has 0 saturated carbocycles. The van der Waals surface area contributed by atoms with E-state index in [0.29, 0.717) is 46.2 Å². The van der Waals surface area contributed by atoms with Crippen LogP contribution in [0.2, 0.25) is 0 Å². The Morgan fingerprint density at radius 3 is 1.86 bits per heavy atom. The van der Waals surface area contributed by atoms with Crippen molar-refractivity contribution in [3.8, 4) is 0 Å². The van der Waals surface area contributed by atoms with Gasteiger partial charge in [-0.25, -0.2) is 0 Å². The lowest BCUT2D eigenvalue weighted by molar-refractivity contribution is -0.127. The predicted octanol–water partition coefficient (Wildman–Crippen LogP) is 1.15. The summed E-state index contributed by atoms with van der Waals surface area (Å²) in [5.41, 5.74) is 0. The molecule has 0 fully saturated rings. The average Bonchev–Trinajstić information content (AvgIpc) is 2.47. The Bertz CT molecular complexity index is 241. The maximum Gasteiger partial charge on any atom is 0.160 e. The Morgan fingerprint density at radius 2 is 1.38 bits per heavy atom. The summed E-state index contributed by atoms with van der Waals surface area (Å²) in [5, 5.41) is 0. The normalized spacial score (nSPS) is 11.2. The maximum atomic E-state index is 11.3. The summed E-state index contributed by atoms with van der Waals surface area (Å²) >= 11 is 1.58. The van der Waals surface area contributed by atoms with E-state index in [0.717, 1.165) is 6.54 Å². The Kier molecular flexibility index (Phi) is 16.1. The summed E-state index contributed by atoms with van der Waals surface area (Å²) in [6, 6.07) is 0. The van der Waals surface area contributed by atoms with Gasteiger partial charge in [-0.15, -0.1) is 0 Å². The predicted molar refractivity (Wildman–Crippen MR) is 84.6 cm³/mol. The highest BCUT2D eigenvalue weighted by molar-refractivity contribution is 7.96. The molecule has 0 amide bonds. The molecule has 0 aliphatic carbocycles. The molecule has 1 N–H and O–H groups in total. The summed E-state index contributed by atoms with van der Waals surface area (Å²) in [4.78, 5) is 11.3. The number of rotatable bonds is 16. The lowest BCUT2D eigenvalue weighted by Gasteiger charge is -2.08. The molecule has 6 nitrogen and oxygen atoms in total. The van der Waals surface area contributed by atoms with E-state index in [4.69, 9.17) is 18.9 Å². The van der Waals surface area contributed by atoms with Crippen LogP contribution in [0.4, 0.5) is 0 Å². The second-order valence-corrected chi connectivity index (χ2v) is 5.31. The minimum atomic E-state index is 0.0260. The molecule has 0 aromatic rings. The van der Waals surface area contributed by atoms with E-state index in [1.807, 2.05) is 20.1 Å². The van der Waals surface area contributed by atoms with Gasteiger partial charge in [0.1, 0.15) is 6.61 Å². The minimum Gasteiger partial charge on any atom is -0.378 e. The first-order valence-corrected chi connectivity index (χ1v) is 8.50. The monoisotopic (exact) mass is 323 g/mol. The van der Waals surface area contributed by atoms with Crippen molar-refractivity contribution in [3.63, 3.8) is 0 Å². The van der Waals surface area contributed by atoms with Crippen LogP contribution >= 0.6 is 11.9 Å². The third-order valence-corrected chi connectivity index (χ3v) is 2.99. The van der Waals surface area contributed by atoms with Gasteiger partial charge in [0.2, 0.25) is 0 Å². The van der Waals surface area contributed by atoms with Crippen molar-refractivity contribution < 1.29 is 23.7 Å². The number of ether oxygens (including phenoxy) is 4. The van der Waals surface area contributed by atoms with Crippen LogP contribution in [0.15, 0.2) is 0 Å². The van der Waals surface area contributed by atoms with Crippen LogP contribution in [0.3, 0.4) is 0 Å². The van der Waals surface area contributed by atoms with E-state index in [1.54, 1.807) is 11.9 Å². The molecule has 0 aromatic heterocycles. The average molecular weight is 323 g/mol. The molecule has 0 bridgehead atoms. The van der Waals surface area contributed by atoms with Crippen LogP contribution in [0.5, 0.6) is 0 Å². The van der Waals surface area contributed by atoms with Gasteiger partial charge >= 0.3 is 0 Å². The highest BCUT2D eigenvalue weighted by Crippen LogP contribution is 1.94. The van der Waals surface area contributed by atoms with Crippen molar-refractivity contribution in [3.05, 3.63) is 0 Å². The van der Waals surface area contributed by atoms with Gasteiger partial charge in [0, 0.05) is 12.5 Å². The van der Waals surface area contributed by atoms with Crippen LogP contribution in [-0.2, 0) is 23.7 Å². The zero-order valence-corrected chi connectivity index (χ0v) is 14.2. The Labute approximate surface area is 132 Å². The van der Waals surface area contributed by atoms with Gasteiger partial charge in [0.15, 0.2) is 5.78 Å². The highest BCUT2D eigenvalue weighted by Gasteiger charge is 2.06. The summed E-state index contributed by atoms with van der Waals surface area (Å²) in [6.45, 7) is 8.56. The molecule has 21 heavy (non-hydrogen) atoms. The number of nitrogens with one attached hydrogen (secondary N) is 1. The first kappa shape index (κ1) is 20.8. The Hall–Kier alpha value is -0.180. The summed E-state index contributed by atoms with van der Waals surface area (Å²) in [5.74, 6) is 0.143. The zero-order chi connectivity index (χ0) is 15.8. The Balaban J connectivity index is 3.04. The third kappa shape index (κ3) is 16.0. The van der Waals surface area contributed by atoms with Crippen molar-refractivity contribution in [1.82, 2.24) is 4.72 Å². The largest absolute Gasteiger partial charge is 0.378 e. The molecule has 0 radical (unpaired) electrons. The fourth-order valence-corrected chi connectivity index (χ4v) is 1.50. The third-order valence-electron chi connectivity index (χ3n) is 2.50. The fourth-order valence-electron chi connectivity index (χ4n) is 1.22. The van der Waals surface area contributed by atoms with Crippen molar-refractivity contribution in [1.29, 1.82) is 0 Å². The van der Waals surface area contributed by atoms with Gasteiger partial charge in [-0.3, -0.25) is 9.52 Å². The number of carbonyl (C=O) groups is 1. The molecule has 0 atom stereocenters. The molecule has 0 spiro atoms. The maximum absolute atomic E-state index is 11.3. The van der Waals surface area contributed by atoms with Gasteiger partial charge in [0.05, 0.1) is 46.2 Å². The van der Waals surface area contributed by atoms with Gasteiger partial charge in [0.25, 0.3) is 0 Å². The summed E-state index contributed by atoms with van der Waals surface area (Å²) in [7, 11) is 0. The van der Waals surface area contributed by atoms with Crippen LogP contribution < -0.4 is 4.72 Å². The minimum absolute atomic E-state index is 0.0260. The molecule has 0 aliphatic heterocycles. The van der Waals surface area contributed by atoms with Crippen molar-refractivity contribution in [2.45, 2.75) is 13.8 Å². The van der Waals surface area contributed by atoms with Gasteiger partial charge in [-0.2, -0.15) is 0 Å². The number of hydrogen-bond donors (Lipinski definition) is 1. The number of ketones is 1. The molecule has 0 saturated heterocycles. The van der Waals surface area contributed by atoms with Crippen LogP contribution in [0.1, 0.15) is 13.8 Å². The quantitative estimate of drug-likeness (QED) is 0.337. The van der Waals surface area contributed by atoms with E-state index in [2.05, 4.69) is 4.72 Å². The zero-order valence-electron chi connectivity index (χ0n) is 13.4. The van der Waals surface area contributed by atoms with Crippen LogP contribution in [-0.4, -0.2) is 71.4 Å². The van der Waals surface area contributed by atoms with Crippen molar-refractivity contribution in [2.75, 3.05) is 65.7 Å². The molecular formula is C14H29NO5S.